The SMILES string of the molecule is CCCCCC(C)NCCN(C)C1CCCCC1C. The molecule has 0 aromatic rings. The zero-order chi connectivity index (χ0) is 14.1. The van der Waals surface area contributed by atoms with Gasteiger partial charge in [-0.15, -0.1) is 0 Å². The van der Waals surface area contributed by atoms with E-state index in [2.05, 4.69) is 38.0 Å². The van der Waals surface area contributed by atoms with Crippen LogP contribution in [0.1, 0.15) is 72.1 Å². The zero-order valence-corrected chi connectivity index (χ0v) is 13.8. The normalized spacial score (nSPS) is 25.7. The summed E-state index contributed by atoms with van der Waals surface area (Å²) in [6, 6.07) is 1.51. The van der Waals surface area contributed by atoms with E-state index in [0.717, 1.165) is 18.5 Å². The molecule has 1 aliphatic rings. The number of nitrogens with zero attached hydrogens (tertiary/aromatic N) is 1. The van der Waals surface area contributed by atoms with Gasteiger partial charge in [-0.2, -0.15) is 0 Å². The first kappa shape index (κ1) is 17.0. The lowest BCUT2D eigenvalue weighted by atomic mass is 9.85. The minimum atomic E-state index is 0.684. The van der Waals surface area contributed by atoms with Gasteiger partial charge in [0.2, 0.25) is 0 Å². The monoisotopic (exact) mass is 268 g/mol. The van der Waals surface area contributed by atoms with E-state index in [1.807, 2.05) is 0 Å². The van der Waals surface area contributed by atoms with Crippen LogP contribution in [-0.4, -0.2) is 37.1 Å². The number of unbranched alkanes of at least 4 members (excludes halogenated alkanes) is 2. The number of hydrogen-bond donors (Lipinski definition) is 1. The van der Waals surface area contributed by atoms with Crippen LogP contribution in [0.25, 0.3) is 0 Å². The standard InChI is InChI=1S/C17H36N2/c1-5-6-7-11-16(3)18-13-14-19(4)17-12-9-8-10-15(17)2/h15-18H,5-14H2,1-4H3. The highest BCUT2D eigenvalue weighted by Crippen LogP contribution is 2.26. The molecule has 2 heteroatoms. The Balaban J connectivity index is 2.10. The van der Waals surface area contributed by atoms with Crippen molar-refractivity contribution in [3.05, 3.63) is 0 Å². The second-order valence-corrected chi connectivity index (χ2v) is 6.66. The van der Waals surface area contributed by atoms with E-state index in [1.165, 1.54) is 57.9 Å². The molecule has 3 unspecified atom stereocenters. The molecule has 1 aliphatic carbocycles. The molecule has 1 rings (SSSR count). The molecule has 0 aromatic heterocycles. The average Bonchev–Trinajstić information content (AvgIpc) is 2.39. The Morgan fingerprint density at radius 2 is 1.95 bits per heavy atom. The molecule has 1 N–H and O–H groups in total. The van der Waals surface area contributed by atoms with Gasteiger partial charge in [0.1, 0.15) is 0 Å². The van der Waals surface area contributed by atoms with Crippen molar-refractivity contribution in [2.75, 3.05) is 20.1 Å². The maximum atomic E-state index is 3.68. The van der Waals surface area contributed by atoms with Crippen LogP contribution in [0, 0.1) is 5.92 Å². The number of likely N-dealkylation sites (N-methyl/N-ethyl adjacent to an activating group) is 1. The van der Waals surface area contributed by atoms with Crippen molar-refractivity contribution in [3.63, 3.8) is 0 Å². The second kappa shape index (κ2) is 9.77. The second-order valence-electron chi connectivity index (χ2n) is 6.66. The lowest BCUT2D eigenvalue weighted by molar-refractivity contribution is 0.139. The van der Waals surface area contributed by atoms with Crippen LogP contribution in [0.2, 0.25) is 0 Å². The van der Waals surface area contributed by atoms with E-state index in [9.17, 15) is 0 Å². The molecular weight excluding hydrogens is 232 g/mol. The Morgan fingerprint density at radius 3 is 2.63 bits per heavy atom. The van der Waals surface area contributed by atoms with E-state index in [1.54, 1.807) is 0 Å². The maximum absolute atomic E-state index is 3.68. The highest BCUT2D eigenvalue weighted by Gasteiger charge is 2.24. The predicted molar refractivity (Wildman–Crippen MR) is 85.7 cm³/mol. The van der Waals surface area contributed by atoms with Gasteiger partial charge in [0.15, 0.2) is 0 Å². The molecule has 0 radical (unpaired) electrons. The first-order chi connectivity index (χ1) is 9.15. The van der Waals surface area contributed by atoms with Crippen molar-refractivity contribution < 1.29 is 0 Å². The van der Waals surface area contributed by atoms with Gasteiger partial charge in [0, 0.05) is 25.2 Å². The fourth-order valence-electron chi connectivity index (χ4n) is 3.41. The summed E-state index contributed by atoms with van der Waals surface area (Å²) in [5.41, 5.74) is 0. The lowest BCUT2D eigenvalue weighted by Gasteiger charge is -2.36. The minimum absolute atomic E-state index is 0.684. The largest absolute Gasteiger partial charge is 0.313 e. The first-order valence-corrected chi connectivity index (χ1v) is 8.58. The minimum Gasteiger partial charge on any atom is -0.313 e. The van der Waals surface area contributed by atoms with Crippen molar-refractivity contribution in [3.8, 4) is 0 Å². The van der Waals surface area contributed by atoms with E-state index < -0.39 is 0 Å². The highest BCUT2D eigenvalue weighted by atomic mass is 15.1. The van der Waals surface area contributed by atoms with Gasteiger partial charge in [-0.3, -0.25) is 0 Å². The Bertz CT molecular complexity index is 217. The van der Waals surface area contributed by atoms with Crippen LogP contribution >= 0.6 is 0 Å². The Kier molecular flexibility index (Phi) is 8.72. The van der Waals surface area contributed by atoms with Crippen molar-refractivity contribution in [2.45, 2.75) is 84.2 Å². The molecule has 0 bridgehead atoms. The molecule has 0 saturated heterocycles. The molecule has 2 nitrogen and oxygen atoms in total. The molecule has 0 aromatic carbocycles. The summed E-state index contributed by atoms with van der Waals surface area (Å²) in [6.07, 6.45) is 11.1. The molecule has 0 aliphatic heterocycles. The summed E-state index contributed by atoms with van der Waals surface area (Å²) in [5.74, 6) is 0.890. The smallest absolute Gasteiger partial charge is 0.0118 e. The van der Waals surface area contributed by atoms with Gasteiger partial charge in [-0.1, -0.05) is 46.0 Å². The van der Waals surface area contributed by atoms with Gasteiger partial charge in [0.05, 0.1) is 0 Å². The molecule has 1 fully saturated rings. The Labute approximate surface area is 121 Å². The Morgan fingerprint density at radius 1 is 1.21 bits per heavy atom. The maximum Gasteiger partial charge on any atom is 0.0118 e. The summed E-state index contributed by atoms with van der Waals surface area (Å²) >= 11 is 0. The molecule has 19 heavy (non-hydrogen) atoms. The molecule has 0 heterocycles. The van der Waals surface area contributed by atoms with E-state index in [0.29, 0.717) is 6.04 Å². The van der Waals surface area contributed by atoms with Crippen LogP contribution in [0.5, 0.6) is 0 Å². The van der Waals surface area contributed by atoms with E-state index in [4.69, 9.17) is 0 Å². The van der Waals surface area contributed by atoms with Crippen molar-refractivity contribution in [1.82, 2.24) is 10.2 Å². The van der Waals surface area contributed by atoms with Crippen LogP contribution in [0.4, 0.5) is 0 Å². The predicted octanol–water partition coefficient (Wildman–Crippen LogP) is 4.06. The Hall–Kier alpha value is -0.0800. The number of nitrogens with one attached hydrogen (secondary N) is 1. The third-order valence-electron chi connectivity index (χ3n) is 4.83. The zero-order valence-electron chi connectivity index (χ0n) is 13.8. The summed E-state index contributed by atoms with van der Waals surface area (Å²) < 4.78 is 0. The summed E-state index contributed by atoms with van der Waals surface area (Å²) in [4.78, 5) is 2.59. The van der Waals surface area contributed by atoms with Crippen molar-refractivity contribution in [2.24, 2.45) is 5.92 Å². The van der Waals surface area contributed by atoms with Crippen LogP contribution in [0.3, 0.4) is 0 Å². The number of rotatable bonds is 9. The summed E-state index contributed by atoms with van der Waals surface area (Å²) in [5, 5.41) is 3.68. The third-order valence-corrected chi connectivity index (χ3v) is 4.83. The van der Waals surface area contributed by atoms with Crippen molar-refractivity contribution in [1.29, 1.82) is 0 Å². The number of hydrogen-bond acceptors (Lipinski definition) is 2. The average molecular weight is 268 g/mol. The van der Waals surface area contributed by atoms with Crippen molar-refractivity contribution >= 4 is 0 Å². The van der Waals surface area contributed by atoms with Gasteiger partial charge in [-0.05, 0) is 39.2 Å². The third kappa shape index (κ3) is 6.76. The van der Waals surface area contributed by atoms with Gasteiger partial charge in [-0.25, -0.2) is 0 Å². The fraction of sp³-hybridized carbons (Fsp3) is 1.00. The molecular formula is C17H36N2. The van der Waals surface area contributed by atoms with Gasteiger partial charge >= 0.3 is 0 Å². The van der Waals surface area contributed by atoms with Crippen LogP contribution < -0.4 is 5.32 Å². The van der Waals surface area contributed by atoms with Crippen LogP contribution in [0.15, 0.2) is 0 Å². The fourth-order valence-corrected chi connectivity index (χ4v) is 3.41. The van der Waals surface area contributed by atoms with E-state index >= 15 is 0 Å². The highest BCUT2D eigenvalue weighted by molar-refractivity contribution is 4.79. The molecule has 0 spiro atoms. The van der Waals surface area contributed by atoms with E-state index in [-0.39, 0.29) is 0 Å². The lowest BCUT2D eigenvalue weighted by Crippen LogP contribution is -2.43. The molecule has 1 saturated carbocycles. The molecule has 0 amide bonds. The quantitative estimate of drug-likeness (QED) is 0.635. The topological polar surface area (TPSA) is 15.3 Å². The first-order valence-electron chi connectivity index (χ1n) is 8.58. The van der Waals surface area contributed by atoms with Gasteiger partial charge < -0.3 is 10.2 Å². The summed E-state index contributed by atoms with van der Waals surface area (Å²) in [7, 11) is 2.32. The summed E-state index contributed by atoms with van der Waals surface area (Å²) in [6.45, 7) is 9.39. The van der Waals surface area contributed by atoms with Gasteiger partial charge in [0.25, 0.3) is 0 Å². The van der Waals surface area contributed by atoms with Crippen LogP contribution in [-0.2, 0) is 0 Å². The molecule has 114 valence electrons. The molecule has 3 atom stereocenters.